The number of carbonyl (C=O) groups is 1. The highest BCUT2D eigenvalue weighted by atomic mass is 19.1. The molecule has 0 heterocycles. The minimum Gasteiger partial charge on any atom is -0.462 e. The summed E-state index contributed by atoms with van der Waals surface area (Å²) >= 11 is 0. The van der Waals surface area contributed by atoms with E-state index >= 15 is 0 Å². The SMILES string of the molecule is CCCCCCCCCCCOC(=O)c1ccccc1F. The van der Waals surface area contributed by atoms with Gasteiger partial charge in [0.1, 0.15) is 5.82 Å². The largest absolute Gasteiger partial charge is 0.462 e. The molecule has 0 saturated heterocycles. The number of hydrogen-bond acceptors (Lipinski definition) is 2. The van der Waals surface area contributed by atoms with Crippen molar-refractivity contribution in [2.45, 2.75) is 64.7 Å². The Kier molecular flexibility index (Phi) is 9.51. The molecule has 3 heteroatoms. The van der Waals surface area contributed by atoms with E-state index in [0.29, 0.717) is 6.61 Å². The van der Waals surface area contributed by atoms with E-state index in [1.165, 1.54) is 57.1 Å². The molecule has 0 atom stereocenters. The highest BCUT2D eigenvalue weighted by molar-refractivity contribution is 5.89. The van der Waals surface area contributed by atoms with Gasteiger partial charge in [-0.05, 0) is 18.6 Å². The van der Waals surface area contributed by atoms with Gasteiger partial charge < -0.3 is 4.74 Å². The number of hydrogen-bond donors (Lipinski definition) is 0. The van der Waals surface area contributed by atoms with E-state index in [4.69, 9.17) is 4.74 Å². The van der Waals surface area contributed by atoms with Crippen molar-refractivity contribution in [3.8, 4) is 0 Å². The van der Waals surface area contributed by atoms with Gasteiger partial charge in [0.25, 0.3) is 0 Å². The first-order valence-electron chi connectivity index (χ1n) is 8.17. The molecule has 0 fully saturated rings. The molecule has 0 unspecified atom stereocenters. The van der Waals surface area contributed by atoms with Crippen molar-refractivity contribution >= 4 is 5.97 Å². The molecule has 1 rings (SSSR count). The van der Waals surface area contributed by atoms with Crippen LogP contribution in [0.5, 0.6) is 0 Å². The molecular weight excluding hydrogens is 267 g/mol. The van der Waals surface area contributed by atoms with E-state index in [-0.39, 0.29) is 5.56 Å². The van der Waals surface area contributed by atoms with Crippen molar-refractivity contribution in [2.75, 3.05) is 6.61 Å². The van der Waals surface area contributed by atoms with Gasteiger partial charge in [-0.25, -0.2) is 9.18 Å². The van der Waals surface area contributed by atoms with Crippen LogP contribution in [0.2, 0.25) is 0 Å². The zero-order valence-electron chi connectivity index (χ0n) is 13.1. The smallest absolute Gasteiger partial charge is 0.341 e. The fourth-order valence-electron chi connectivity index (χ4n) is 2.28. The van der Waals surface area contributed by atoms with Gasteiger partial charge >= 0.3 is 5.97 Å². The Bertz CT molecular complexity index is 404. The second-order valence-electron chi connectivity index (χ2n) is 5.44. The molecule has 0 aliphatic heterocycles. The van der Waals surface area contributed by atoms with E-state index < -0.39 is 11.8 Å². The molecule has 0 radical (unpaired) electrons. The summed E-state index contributed by atoms with van der Waals surface area (Å²) in [5, 5.41) is 0. The zero-order chi connectivity index (χ0) is 15.3. The lowest BCUT2D eigenvalue weighted by molar-refractivity contribution is 0.0492. The highest BCUT2D eigenvalue weighted by Gasteiger charge is 2.11. The number of esters is 1. The Labute approximate surface area is 127 Å². The molecule has 0 saturated carbocycles. The molecule has 0 N–H and O–H groups in total. The Morgan fingerprint density at radius 3 is 2.14 bits per heavy atom. The third-order valence-corrected chi connectivity index (χ3v) is 3.57. The number of halogens is 1. The zero-order valence-corrected chi connectivity index (χ0v) is 13.1. The van der Waals surface area contributed by atoms with Gasteiger partial charge in [0.05, 0.1) is 12.2 Å². The normalized spacial score (nSPS) is 10.6. The standard InChI is InChI=1S/C18H27FO2/c1-2-3-4-5-6-7-8-9-12-15-21-18(20)16-13-10-11-14-17(16)19/h10-11,13-14H,2-9,12,15H2,1H3. The van der Waals surface area contributed by atoms with Crippen LogP contribution < -0.4 is 0 Å². The fraction of sp³-hybridized carbons (Fsp3) is 0.611. The molecule has 0 spiro atoms. The number of unbranched alkanes of at least 4 members (excludes halogenated alkanes) is 8. The maximum Gasteiger partial charge on any atom is 0.341 e. The average Bonchev–Trinajstić information content (AvgIpc) is 2.49. The summed E-state index contributed by atoms with van der Waals surface area (Å²) in [5.41, 5.74) is 0.0217. The monoisotopic (exact) mass is 294 g/mol. The molecule has 0 aliphatic carbocycles. The van der Waals surface area contributed by atoms with Crippen molar-refractivity contribution in [2.24, 2.45) is 0 Å². The second-order valence-corrected chi connectivity index (χ2v) is 5.44. The molecule has 0 amide bonds. The van der Waals surface area contributed by atoms with Gasteiger partial charge in [-0.3, -0.25) is 0 Å². The number of benzene rings is 1. The van der Waals surface area contributed by atoms with Crippen LogP contribution >= 0.6 is 0 Å². The molecule has 0 aliphatic rings. The van der Waals surface area contributed by atoms with Crippen LogP contribution in [-0.2, 0) is 4.74 Å². The molecular formula is C18H27FO2. The summed E-state index contributed by atoms with van der Waals surface area (Å²) in [4.78, 5) is 11.6. The van der Waals surface area contributed by atoms with Crippen molar-refractivity contribution in [1.82, 2.24) is 0 Å². The van der Waals surface area contributed by atoms with Gasteiger partial charge in [-0.1, -0.05) is 70.4 Å². The summed E-state index contributed by atoms with van der Waals surface area (Å²) in [7, 11) is 0. The maximum absolute atomic E-state index is 13.3. The van der Waals surface area contributed by atoms with Crippen LogP contribution in [0.15, 0.2) is 24.3 Å². The van der Waals surface area contributed by atoms with E-state index in [9.17, 15) is 9.18 Å². The second kappa shape index (κ2) is 11.3. The lowest BCUT2D eigenvalue weighted by Crippen LogP contribution is -2.08. The molecule has 1 aromatic carbocycles. The number of rotatable bonds is 11. The minimum absolute atomic E-state index is 0.0217. The molecule has 1 aromatic rings. The van der Waals surface area contributed by atoms with Crippen LogP contribution in [0.25, 0.3) is 0 Å². The maximum atomic E-state index is 13.3. The van der Waals surface area contributed by atoms with Crippen LogP contribution in [0.4, 0.5) is 4.39 Å². The Morgan fingerprint density at radius 1 is 0.952 bits per heavy atom. The van der Waals surface area contributed by atoms with Crippen molar-refractivity contribution in [1.29, 1.82) is 0 Å². The first kappa shape index (κ1) is 17.7. The molecule has 0 bridgehead atoms. The predicted molar refractivity (Wildman–Crippen MR) is 83.9 cm³/mol. The minimum atomic E-state index is -0.562. The predicted octanol–water partition coefficient (Wildman–Crippen LogP) is 5.51. The third kappa shape index (κ3) is 7.84. The lowest BCUT2D eigenvalue weighted by atomic mass is 10.1. The van der Waals surface area contributed by atoms with E-state index in [1.54, 1.807) is 12.1 Å². The Morgan fingerprint density at radius 2 is 1.52 bits per heavy atom. The fourth-order valence-corrected chi connectivity index (χ4v) is 2.28. The average molecular weight is 294 g/mol. The van der Waals surface area contributed by atoms with E-state index in [2.05, 4.69) is 6.92 Å². The van der Waals surface area contributed by atoms with Crippen molar-refractivity contribution in [3.63, 3.8) is 0 Å². The molecule has 0 aromatic heterocycles. The molecule has 118 valence electrons. The molecule has 2 nitrogen and oxygen atoms in total. The van der Waals surface area contributed by atoms with Gasteiger partial charge in [-0.2, -0.15) is 0 Å². The molecule has 21 heavy (non-hydrogen) atoms. The van der Waals surface area contributed by atoms with Crippen LogP contribution in [0, 0.1) is 5.82 Å². The highest BCUT2D eigenvalue weighted by Crippen LogP contribution is 2.11. The first-order chi connectivity index (χ1) is 10.3. The topological polar surface area (TPSA) is 26.3 Å². The summed E-state index contributed by atoms with van der Waals surface area (Å²) in [6.45, 7) is 2.60. The summed E-state index contributed by atoms with van der Waals surface area (Å²) < 4.78 is 18.4. The van der Waals surface area contributed by atoms with Gasteiger partial charge in [0.2, 0.25) is 0 Å². The quantitative estimate of drug-likeness (QED) is 0.397. The lowest BCUT2D eigenvalue weighted by Gasteiger charge is -2.05. The van der Waals surface area contributed by atoms with E-state index in [0.717, 1.165) is 12.8 Å². The van der Waals surface area contributed by atoms with Crippen LogP contribution in [0.3, 0.4) is 0 Å². The third-order valence-electron chi connectivity index (χ3n) is 3.57. The van der Waals surface area contributed by atoms with Gasteiger partial charge in [0, 0.05) is 0 Å². The summed E-state index contributed by atoms with van der Waals surface area (Å²) in [5.74, 6) is -1.08. The Balaban J connectivity index is 1.99. The Hall–Kier alpha value is -1.38. The summed E-state index contributed by atoms with van der Waals surface area (Å²) in [6, 6.07) is 5.92. The van der Waals surface area contributed by atoms with Crippen molar-refractivity contribution in [3.05, 3.63) is 35.6 Å². The van der Waals surface area contributed by atoms with E-state index in [1.807, 2.05) is 0 Å². The van der Waals surface area contributed by atoms with Crippen molar-refractivity contribution < 1.29 is 13.9 Å². The van der Waals surface area contributed by atoms with Crippen LogP contribution in [-0.4, -0.2) is 12.6 Å². The summed E-state index contributed by atoms with van der Waals surface area (Å²) in [6.07, 6.45) is 11.0. The van der Waals surface area contributed by atoms with Gasteiger partial charge in [0.15, 0.2) is 0 Å². The van der Waals surface area contributed by atoms with Gasteiger partial charge in [-0.15, -0.1) is 0 Å². The number of carbonyl (C=O) groups excluding carboxylic acids is 1. The first-order valence-corrected chi connectivity index (χ1v) is 8.17. The number of ether oxygens (including phenoxy) is 1. The van der Waals surface area contributed by atoms with Crippen LogP contribution in [0.1, 0.15) is 75.1 Å².